The van der Waals surface area contributed by atoms with Gasteiger partial charge in [0.25, 0.3) is 11.8 Å². The zero-order valence-corrected chi connectivity index (χ0v) is 26.8. The molecule has 1 aliphatic heterocycles. The number of amides is 2. The van der Waals surface area contributed by atoms with Crippen LogP contribution >= 0.6 is 11.6 Å². The van der Waals surface area contributed by atoms with Gasteiger partial charge >= 0.3 is 0 Å². The van der Waals surface area contributed by atoms with Crippen LogP contribution in [0.1, 0.15) is 59.7 Å². The summed E-state index contributed by atoms with van der Waals surface area (Å²) in [6.45, 7) is 11.1. The van der Waals surface area contributed by atoms with Crippen molar-refractivity contribution < 1.29 is 14.7 Å². The maximum Gasteiger partial charge on any atom is 0.256 e. The number of aromatic nitrogens is 1. The van der Waals surface area contributed by atoms with Crippen LogP contribution in [-0.4, -0.2) is 59.1 Å². The van der Waals surface area contributed by atoms with Gasteiger partial charge in [-0.2, -0.15) is 0 Å². The number of anilines is 2. The SMILES string of the molecule is CCN(CC)CC(O)CNC(C)c1c(C)[nH]c(/C=C2\C(=O)Nc3ccc(C(=O)Nc4ccccc4)cc32)c1-c1ccc(Cl)cc1. The Hall–Kier alpha value is -4.21. The van der Waals surface area contributed by atoms with Crippen LogP contribution in [0.4, 0.5) is 11.4 Å². The quantitative estimate of drug-likeness (QED) is 0.112. The van der Waals surface area contributed by atoms with E-state index in [0.717, 1.165) is 41.2 Å². The number of nitrogens with zero attached hydrogens (tertiary/aromatic N) is 1. The van der Waals surface area contributed by atoms with E-state index in [9.17, 15) is 14.7 Å². The van der Waals surface area contributed by atoms with Gasteiger partial charge in [-0.1, -0.05) is 55.8 Å². The minimum atomic E-state index is -0.515. The number of H-pyrrole nitrogens is 1. The van der Waals surface area contributed by atoms with E-state index in [1.54, 1.807) is 18.2 Å². The van der Waals surface area contributed by atoms with Gasteiger partial charge in [-0.15, -0.1) is 0 Å². The summed E-state index contributed by atoms with van der Waals surface area (Å²) in [5.41, 5.74) is 7.52. The fourth-order valence-corrected chi connectivity index (χ4v) is 5.97. The Labute approximate surface area is 269 Å². The highest BCUT2D eigenvalue weighted by molar-refractivity contribution is 6.35. The number of aryl methyl sites for hydroxylation is 1. The average Bonchev–Trinajstić information content (AvgIpc) is 3.54. The number of para-hydroxylation sites is 1. The average molecular weight is 626 g/mol. The molecule has 0 bridgehead atoms. The fraction of sp³-hybridized carbons (Fsp3) is 0.278. The van der Waals surface area contributed by atoms with Crippen molar-refractivity contribution in [3.8, 4) is 11.1 Å². The molecule has 8 nitrogen and oxygen atoms in total. The number of benzene rings is 3. The number of likely N-dealkylation sites (N-methyl/N-ethyl adjacent to an activating group) is 1. The van der Waals surface area contributed by atoms with E-state index in [1.807, 2.05) is 67.6 Å². The Morgan fingerprint density at radius 3 is 2.44 bits per heavy atom. The van der Waals surface area contributed by atoms with Crippen molar-refractivity contribution in [2.45, 2.75) is 39.8 Å². The maximum absolute atomic E-state index is 13.3. The summed E-state index contributed by atoms with van der Waals surface area (Å²) >= 11 is 6.25. The number of aliphatic hydroxyl groups excluding tert-OH is 1. The van der Waals surface area contributed by atoms with Gasteiger partial charge in [-0.3, -0.25) is 9.59 Å². The molecule has 3 aromatic carbocycles. The number of aromatic amines is 1. The third-order valence-electron chi connectivity index (χ3n) is 8.24. The minimum Gasteiger partial charge on any atom is -0.390 e. The predicted octanol–water partition coefficient (Wildman–Crippen LogP) is 6.74. The second-order valence-corrected chi connectivity index (χ2v) is 11.8. The number of carbonyl (C=O) groups excluding carboxylic acids is 2. The predicted molar refractivity (Wildman–Crippen MR) is 184 cm³/mol. The molecule has 234 valence electrons. The van der Waals surface area contributed by atoms with E-state index in [2.05, 4.69) is 46.6 Å². The van der Waals surface area contributed by atoms with E-state index in [0.29, 0.717) is 46.2 Å². The van der Waals surface area contributed by atoms with Gasteiger partial charge in [0.2, 0.25) is 0 Å². The van der Waals surface area contributed by atoms with Crippen molar-refractivity contribution in [1.82, 2.24) is 15.2 Å². The topological polar surface area (TPSA) is 109 Å². The van der Waals surface area contributed by atoms with Crippen molar-refractivity contribution >= 4 is 46.4 Å². The molecule has 0 aliphatic carbocycles. The Morgan fingerprint density at radius 2 is 1.76 bits per heavy atom. The largest absolute Gasteiger partial charge is 0.390 e. The molecule has 2 amide bonds. The van der Waals surface area contributed by atoms with Crippen LogP contribution in [0.3, 0.4) is 0 Å². The molecule has 1 aliphatic rings. The standard InChI is InChI=1S/C36H40ClN5O3/c1-5-42(6-2)21-28(43)20-38-22(3)33-23(4)39-32(34(33)24-12-15-26(37)16-13-24)19-30-29-18-25(14-17-31(29)41-36(30)45)35(44)40-27-10-8-7-9-11-27/h7-19,22,28,38-39,43H,5-6,20-21H2,1-4H3,(H,40,44)(H,41,45)/b30-19-. The summed E-state index contributed by atoms with van der Waals surface area (Å²) < 4.78 is 0. The lowest BCUT2D eigenvalue weighted by molar-refractivity contribution is -0.110. The van der Waals surface area contributed by atoms with Gasteiger partial charge in [0.15, 0.2) is 0 Å². The number of carbonyl (C=O) groups is 2. The van der Waals surface area contributed by atoms with Crippen molar-refractivity contribution in [3.05, 3.63) is 106 Å². The highest BCUT2D eigenvalue weighted by Gasteiger charge is 2.28. The van der Waals surface area contributed by atoms with Crippen LogP contribution in [-0.2, 0) is 4.79 Å². The molecule has 9 heteroatoms. The summed E-state index contributed by atoms with van der Waals surface area (Å²) in [7, 11) is 0. The van der Waals surface area contributed by atoms with Gasteiger partial charge in [0.05, 0.1) is 11.7 Å². The van der Waals surface area contributed by atoms with Crippen LogP contribution in [0.15, 0.2) is 72.8 Å². The Bertz CT molecular complexity index is 1690. The fourth-order valence-electron chi connectivity index (χ4n) is 5.84. The molecule has 0 saturated carbocycles. The number of hydrogen-bond donors (Lipinski definition) is 5. The van der Waals surface area contributed by atoms with Crippen LogP contribution in [0, 0.1) is 6.92 Å². The van der Waals surface area contributed by atoms with E-state index in [4.69, 9.17) is 11.6 Å². The number of fused-ring (bicyclic) bond motifs is 1. The smallest absolute Gasteiger partial charge is 0.256 e. The zero-order valence-electron chi connectivity index (χ0n) is 26.1. The van der Waals surface area contributed by atoms with E-state index in [-0.39, 0.29) is 17.9 Å². The number of rotatable bonds is 12. The van der Waals surface area contributed by atoms with E-state index < -0.39 is 6.10 Å². The third kappa shape index (κ3) is 7.37. The third-order valence-corrected chi connectivity index (χ3v) is 8.49. The first-order valence-electron chi connectivity index (χ1n) is 15.3. The van der Waals surface area contributed by atoms with Crippen molar-refractivity contribution in [2.75, 3.05) is 36.8 Å². The molecule has 2 unspecified atom stereocenters. The molecule has 0 radical (unpaired) electrons. The number of hydrogen-bond acceptors (Lipinski definition) is 5. The number of nitrogens with one attached hydrogen (secondary N) is 4. The summed E-state index contributed by atoms with van der Waals surface area (Å²) in [5, 5.41) is 20.7. The van der Waals surface area contributed by atoms with Crippen LogP contribution in [0.2, 0.25) is 5.02 Å². The molecule has 0 spiro atoms. The molecule has 4 aromatic rings. The van der Waals surface area contributed by atoms with Gasteiger partial charge in [0, 0.05) is 63.6 Å². The molecule has 5 N–H and O–H groups in total. The summed E-state index contributed by atoms with van der Waals surface area (Å²) in [4.78, 5) is 32.1. The van der Waals surface area contributed by atoms with E-state index >= 15 is 0 Å². The Morgan fingerprint density at radius 1 is 1.04 bits per heavy atom. The Kier molecular flexibility index (Phi) is 10.2. The monoisotopic (exact) mass is 625 g/mol. The molecule has 2 heterocycles. The highest BCUT2D eigenvalue weighted by Crippen LogP contribution is 2.39. The molecule has 0 saturated heterocycles. The molecular weight excluding hydrogens is 586 g/mol. The first-order chi connectivity index (χ1) is 21.7. The molecular formula is C36H40ClN5O3. The molecule has 0 fully saturated rings. The van der Waals surface area contributed by atoms with Crippen LogP contribution in [0.25, 0.3) is 22.8 Å². The first-order valence-corrected chi connectivity index (χ1v) is 15.7. The van der Waals surface area contributed by atoms with Crippen molar-refractivity contribution in [2.24, 2.45) is 0 Å². The number of halogens is 1. The second-order valence-electron chi connectivity index (χ2n) is 11.3. The lowest BCUT2D eigenvalue weighted by atomic mass is 9.94. The van der Waals surface area contributed by atoms with Crippen molar-refractivity contribution in [1.29, 1.82) is 0 Å². The van der Waals surface area contributed by atoms with Gasteiger partial charge in [0.1, 0.15) is 0 Å². The van der Waals surface area contributed by atoms with Gasteiger partial charge in [-0.25, -0.2) is 0 Å². The molecule has 1 aromatic heterocycles. The molecule has 45 heavy (non-hydrogen) atoms. The maximum atomic E-state index is 13.3. The highest BCUT2D eigenvalue weighted by atomic mass is 35.5. The summed E-state index contributed by atoms with van der Waals surface area (Å²) in [6, 6.07) is 22.0. The summed E-state index contributed by atoms with van der Waals surface area (Å²) in [6.07, 6.45) is 1.33. The lowest BCUT2D eigenvalue weighted by Crippen LogP contribution is -2.39. The summed E-state index contributed by atoms with van der Waals surface area (Å²) in [5.74, 6) is -0.502. The van der Waals surface area contributed by atoms with Gasteiger partial charge in [-0.05, 0) is 86.6 Å². The first kappa shape index (κ1) is 32.2. The molecule has 5 rings (SSSR count). The van der Waals surface area contributed by atoms with Crippen molar-refractivity contribution in [3.63, 3.8) is 0 Å². The number of aliphatic hydroxyl groups is 1. The second kappa shape index (κ2) is 14.3. The zero-order chi connectivity index (χ0) is 32.1. The minimum absolute atomic E-state index is 0.108. The van der Waals surface area contributed by atoms with Crippen LogP contribution in [0.5, 0.6) is 0 Å². The van der Waals surface area contributed by atoms with Gasteiger partial charge < -0.3 is 30.9 Å². The molecule has 2 atom stereocenters. The lowest BCUT2D eigenvalue weighted by Gasteiger charge is -2.24. The normalized spacial score (nSPS) is 14.8. The Balaban J connectivity index is 1.50. The van der Waals surface area contributed by atoms with Crippen LogP contribution < -0.4 is 16.0 Å². The van der Waals surface area contributed by atoms with E-state index in [1.165, 1.54) is 0 Å².